The van der Waals surface area contributed by atoms with Gasteiger partial charge in [0, 0.05) is 10.8 Å². The summed E-state index contributed by atoms with van der Waals surface area (Å²) in [7, 11) is 0. The van der Waals surface area contributed by atoms with E-state index >= 15 is 0 Å². The summed E-state index contributed by atoms with van der Waals surface area (Å²) in [5.74, 6) is 1.05. The SMILES string of the molecule is C[C@H](CC[C@@H](O)C(C)(C)O)C1CC[C@@]2(C)C3CC=C4C(CC[C@H](O[C@@H]5O[C@H](CO[C@@H]6O[C@H](CO)[C@@H](O)C(O)[C@H]6O)[C@@H](O)[C@H](O)[C@H]5O)C4(C)C)[C@]3(C)[C@H](O)C[C@]12C. The second kappa shape index (κ2) is 15.9. The summed E-state index contributed by atoms with van der Waals surface area (Å²) in [5.41, 5.74) is -0.985. The summed E-state index contributed by atoms with van der Waals surface area (Å²) in [4.78, 5) is 0. The van der Waals surface area contributed by atoms with Crippen LogP contribution in [-0.2, 0) is 18.9 Å². The van der Waals surface area contributed by atoms with Gasteiger partial charge in [-0.05, 0) is 99.7 Å². The van der Waals surface area contributed by atoms with Crippen molar-refractivity contribution in [2.45, 2.75) is 192 Å². The number of hydrogen-bond donors (Lipinski definition) is 10. The van der Waals surface area contributed by atoms with E-state index in [9.17, 15) is 51.1 Å². The lowest BCUT2D eigenvalue weighted by Gasteiger charge is -2.67. The molecule has 0 amide bonds. The highest BCUT2D eigenvalue weighted by Crippen LogP contribution is 2.75. The van der Waals surface area contributed by atoms with E-state index in [1.807, 2.05) is 0 Å². The highest BCUT2D eigenvalue weighted by molar-refractivity contribution is 5.32. The highest BCUT2D eigenvalue weighted by Gasteiger charge is 2.70. The first-order valence-corrected chi connectivity index (χ1v) is 21.0. The maximum Gasteiger partial charge on any atom is 0.187 e. The number of hydrogen-bond acceptors (Lipinski definition) is 14. The van der Waals surface area contributed by atoms with E-state index in [1.54, 1.807) is 13.8 Å². The summed E-state index contributed by atoms with van der Waals surface area (Å²) in [6, 6.07) is 0. The van der Waals surface area contributed by atoms with Crippen LogP contribution in [0, 0.1) is 45.3 Å². The predicted molar refractivity (Wildman–Crippen MR) is 202 cm³/mol. The average Bonchev–Trinajstić information content (AvgIpc) is 3.40. The maximum atomic E-state index is 12.4. The molecule has 0 aromatic heterocycles. The normalized spacial score (nSPS) is 50.3. The molecule has 2 heterocycles. The molecule has 4 aliphatic carbocycles. The van der Waals surface area contributed by atoms with Crippen LogP contribution in [0.3, 0.4) is 0 Å². The van der Waals surface area contributed by atoms with Crippen LogP contribution in [0.5, 0.6) is 0 Å². The van der Waals surface area contributed by atoms with Crippen LogP contribution >= 0.6 is 0 Å². The van der Waals surface area contributed by atoms with Gasteiger partial charge < -0.3 is 70.0 Å². The number of rotatable bonds is 11. The zero-order valence-corrected chi connectivity index (χ0v) is 34.6. The van der Waals surface area contributed by atoms with Gasteiger partial charge in [-0.2, -0.15) is 0 Å². The number of fused-ring (bicyclic) bond motifs is 5. The second-order valence-corrected chi connectivity index (χ2v) is 20.3. The van der Waals surface area contributed by atoms with Gasteiger partial charge in [0.15, 0.2) is 12.6 Å². The molecular formula is C42H72O14. The molecule has 5 fully saturated rings. The topological polar surface area (TPSA) is 239 Å². The van der Waals surface area contributed by atoms with E-state index in [-0.39, 0.29) is 28.1 Å². The Morgan fingerprint density at radius 2 is 1.41 bits per heavy atom. The molecule has 10 N–H and O–H groups in total. The third-order valence-corrected chi connectivity index (χ3v) is 16.6. The average molecular weight is 801 g/mol. The van der Waals surface area contributed by atoms with Crippen molar-refractivity contribution in [2.24, 2.45) is 45.3 Å². The second-order valence-electron chi connectivity index (χ2n) is 20.3. The number of aliphatic hydroxyl groups excluding tert-OH is 9. The zero-order valence-electron chi connectivity index (χ0n) is 34.6. The van der Waals surface area contributed by atoms with Gasteiger partial charge in [0.25, 0.3) is 0 Å². The molecule has 0 aromatic rings. The quantitative estimate of drug-likeness (QED) is 0.132. The zero-order chi connectivity index (χ0) is 41.5. The maximum absolute atomic E-state index is 12.4. The Morgan fingerprint density at radius 3 is 2.04 bits per heavy atom. The summed E-state index contributed by atoms with van der Waals surface area (Å²) in [6.45, 7) is 15.8. The number of allylic oxidation sites excluding steroid dienone is 1. The van der Waals surface area contributed by atoms with E-state index in [0.29, 0.717) is 31.1 Å². The van der Waals surface area contributed by atoms with Gasteiger partial charge in [0.1, 0.15) is 48.8 Å². The minimum atomic E-state index is -1.67. The molecule has 6 rings (SSSR count). The molecule has 6 aliphatic rings. The summed E-state index contributed by atoms with van der Waals surface area (Å²) < 4.78 is 23.6. The van der Waals surface area contributed by atoms with Crippen LogP contribution in [0.4, 0.5) is 0 Å². The minimum Gasteiger partial charge on any atom is -0.394 e. The van der Waals surface area contributed by atoms with Gasteiger partial charge in [-0.3, -0.25) is 0 Å². The third-order valence-electron chi connectivity index (χ3n) is 16.6. The number of ether oxygens (including phenoxy) is 4. The molecule has 0 radical (unpaired) electrons. The van der Waals surface area contributed by atoms with Gasteiger partial charge in [0.2, 0.25) is 0 Å². The predicted octanol–water partition coefficient (Wildman–Crippen LogP) is 1.12. The van der Waals surface area contributed by atoms with Crippen LogP contribution in [0.2, 0.25) is 0 Å². The van der Waals surface area contributed by atoms with Crippen molar-refractivity contribution in [2.75, 3.05) is 13.2 Å². The van der Waals surface area contributed by atoms with E-state index in [4.69, 9.17) is 18.9 Å². The van der Waals surface area contributed by atoms with E-state index in [2.05, 4.69) is 47.6 Å². The smallest absolute Gasteiger partial charge is 0.187 e. The van der Waals surface area contributed by atoms with Crippen molar-refractivity contribution >= 4 is 0 Å². The molecule has 2 saturated heterocycles. The van der Waals surface area contributed by atoms with E-state index in [0.717, 1.165) is 32.1 Å². The summed E-state index contributed by atoms with van der Waals surface area (Å²) in [6.07, 6.45) is -8.06. The lowest BCUT2D eigenvalue weighted by molar-refractivity contribution is -0.340. The Morgan fingerprint density at radius 1 is 0.804 bits per heavy atom. The molecule has 324 valence electrons. The van der Waals surface area contributed by atoms with Crippen LogP contribution in [0.1, 0.15) is 107 Å². The number of aliphatic hydroxyl groups is 10. The highest BCUT2D eigenvalue weighted by atomic mass is 16.7. The summed E-state index contributed by atoms with van der Waals surface area (Å²) in [5, 5.41) is 106. The van der Waals surface area contributed by atoms with Crippen molar-refractivity contribution in [3.05, 3.63) is 11.6 Å². The van der Waals surface area contributed by atoms with Crippen molar-refractivity contribution in [1.82, 2.24) is 0 Å². The van der Waals surface area contributed by atoms with Crippen molar-refractivity contribution in [3.8, 4) is 0 Å². The van der Waals surface area contributed by atoms with Crippen LogP contribution < -0.4 is 0 Å². The Bertz CT molecular complexity index is 1400. The lowest BCUT2D eigenvalue weighted by atomic mass is 9.38. The molecular weight excluding hydrogens is 728 g/mol. The van der Waals surface area contributed by atoms with E-state index < -0.39 is 104 Å². The van der Waals surface area contributed by atoms with Crippen LogP contribution in [0.25, 0.3) is 0 Å². The van der Waals surface area contributed by atoms with Gasteiger partial charge in [-0.1, -0.05) is 53.2 Å². The van der Waals surface area contributed by atoms with E-state index in [1.165, 1.54) is 5.57 Å². The molecule has 3 saturated carbocycles. The fourth-order valence-electron chi connectivity index (χ4n) is 12.6. The molecule has 0 bridgehead atoms. The molecule has 4 unspecified atom stereocenters. The van der Waals surface area contributed by atoms with Crippen molar-refractivity contribution < 1.29 is 70.0 Å². The summed E-state index contributed by atoms with van der Waals surface area (Å²) >= 11 is 0. The molecule has 2 aliphatic heterocycles. The fourth-order valence-corrected chi connectivity index (χ4v) is 12.6. The Kier molecular flexibility index (Phi) is 12.7. The Hall–Kier alpha value is -0.820. The van der Waals surface area contributed by atoms with Crippen LogP contribution in [0.15, 0.2) is 11.6 Å². The molecule has 0 spiro atoms. The molecule has 14 nitrogen and oxygen atoms in total. The monoisotopic (exact) mass is 800 g/mol. The molecule has 20 atom stereocenters. The molecule has 0 aromatic carbocycles. The van der Waals surface area contributed by atoms with Gasteiger partial charge in [0.05, 0.1) is 37.1 Å². The first-order valence-electron chi connectivity index (χ1n) is 21.0. The van der Waals surface area contributed by atoms with Gasteiger partial charge in [-0.25, -0.2) is 0 Å². The molecule has 56 heavy (non-hydrogen) atoms. The first-order chi connectivity index (χ1) is 25.9. The van der Waals surface area contributed by atoms with Crippen molar-refractivity contribution in [3.63, 3.8) is 0 Å². The standard InChI is InChI=1S/C42H72O14/c1-20(9-13-27(44)39(4,5)52)21-15-16-40(6)26-12-10-22-23(42(26,8)28(45)17-41(21,40)7)11-14-29(38(22,2)3)56-37-35(51)33(49)31(47)25(55-37)19-53-36-34(50)32(48)30(46)24(18-43)54-36/h10,20-21,23-37,43-52H,9,11-19H2,1-8H3/t20-,21?,23?,24-,25-,26?,27-,28-,29+,30-,31-,32?,33+,34-,35-,36-,37+,40+,41-,42+/m1/s1. The lowest BCUT2D eigenvalue weighted by Crippen LogP contribution is -2.65. The molecule has 14 heteroatoms. The van der Waals surface area contributed by atoms with Crippen molar-refractivity contribution in [1.29, 1.82) is 0 Å². The van der Waals surface area contributed by atoms with Crippen LogP contribution in [-0.4, -0.2) is 150 Å². The third kappa shape index (κ3) is 7.26. The first kappa shape index (κ1) is 44.7. The largest absolute Gasteiger partial charge is 0.394 e. The fraction of sp³-hybridized carbons (Fsp3) is 0.952. The van der Waals surface area contributed by atoms with Gasteiger partial charge >= 0.3 is 0 Å². The van der Waals surface area contributed by atoms with Gasteiger partial charge in [-0.15, -0.1) is 0 Å². The Balaban J connectivity index is 1.16. The Labute approximate surface area is 331 Å². The minimum absolute atomic E-state index is 0.0159.